The molecule has 0 fully saturated rings. The van der Waals surface area contributed by atoms with E-state index in [1.807, 2.05) is 19.1 Å². The first-order valence-corrected chi connectivity index (χ1v) is 9.59. The van der Waals surface area contributed by atoms with Crippen LogP contribution in [0.5, 0.6) is 11.5 Å². The Bertz CT molecular complexity index is 1310. The van der Waals surface area contributed by atoms with E-state index in [9.17, 15) is 19.2 Å². The molecule has 0 unspecified atom stereocenters. The van der Waals surface area contributed by atoms with E-state index in [1.165, 1.54) is 25.2 Å². The Morgan fingerprint density at radius 1 is 0.625 bits per heavy atom. The SMILES string of the molecule is C.Cc1ccc(N2C(=O)c3ccc(Oc4ccc5c(c4)C(=O)N(C)C5=O)cc3C2=O)cc1. The zero-order valence-corrected chi connectivity index (χ0v) is 16.7. The Hall–Kier alpha value is -4.26. The molecule has 0 aliphatic carbocycles. The van der Waals surface area contributed by atoms with Gasteiger partial charge in [-0.25, -0.2) is 4.90 Å². The number of hydrogen-bond acceptors (Lipinski definition) is 5. The zero-order valence-electron chi connectivity index (χ0n) is 16.7. The third kappa shape index (κ3) is 3.06. The minimum absolute atomic E-state index is 0. The highest BCUT2D eigenvalue weighted by Crippen LogP contribution is 2.33. The summed E-state index contributed by atoms with van der Waals surface area (Å²) in [4.78, 5) is 52.1. The predicted octanol–water partition coefficient (Wildman–Crippen LogP) is 4.45. The minimum Gasteiger partial charge on any atom is -0.457 e. The first-order chi connectivity index (χ1) is 14.8. The van der Waals surface area contributed by atoms with Gasteiger partial charge in [-0.3, -0.25) is 24.1 Å². The Labute approximate surface area is 184 Å². The number of carbonyl (C=O) groups is 4. The maximum Gasteiger partial charge on any atom is 0.266 e. The predicted molar refractivity (Wildman–Crippen MR) is 118 cm³/mol. The van der Waals surface area contributed by atoms with Crippen LogP contribution in [0.2, 0.25) is 0 Å². The molecule has 160 valence electrons. The quantitative estimate of drug-likeness (QED) is 0.576. The van der Waals surface area contributed by atoms with Crippen molar-refractivity contribution in [1.29, 1.82) is 0 Å². The number of aryl methyl sites for hydroxylation is 1. The molecular formula is C25H20N2O5. The van der Waals surface area contributed by atoms with E-state index in [0.29, 0.717) is 28.3 Å². The van der Waals surface area contributed by atoms with Gasteiger partial charge in [0.25, 0.3) is 23.6 Å². The number of benzene rings is 3. The Balaban J connectivity index is 0.00000245. The van der Waals surface area contributed by atoms with Crippen molar-refractivity contribution in [3.05, 3.63) is 88.5 Å². The van der Waals surface area contributed by atoms with Gasteiger partial charge >= 0.3 is 0 Å². The molecule has 0 aromatic heterocycles. The third-order valence-electron chi connectivity index (χ3n) is 5.45. The standard InChI is InChI=1S/C24H16N2O5.CH4/c1-13-3-5-14(6-4-13)26-23(29)18-10-8-16(12-20(18)24(26)30)31-15-7-9-17-19(11-15)22(28)25(2)21(17)27;/h3-12H,1-2H3;1H4. The second kappa shape index (κ2) is 7.46. The molecule has 0 N–H and O–H groups in total. The number of hydrogen-bond donors (Lipinski definition) is 0. The molecule has 2 aliphatic rings. The van der Waals surface area contributed by atoms with Gasteiger partial charge in [-0.1, -0.05) is 25.1 Å². The summed E-state index contributed by atoms with van der Waals surface area (Å²) >= 11 is 0. The summed E-state index contributed by atoms with van der Waals surface area (Å²) in [5.41, 5.74) is 2.66. The molecule has 7 heteroatoms. The van der Waals surface area contributed by atoms with Gasteiger partial charge in [0.05, 0.1) is 27.9 Å². The smallest absolute Gasteiger partial charge is 0.266 e. The summed E-state index contributed by atoms with van der Waals surface area (Å²) in [7, 11) is 1.42. The summed E-state index contributed by atoms with van der Waals surface area (Å²) in [5.74, 6) is -0.873. The van der Waals surface area contributed by atoms with E-state index in [2.05, 4.69) is 0 Å². The van der Waals surface area contributed by atoms with Crippen molar-refractivity contribution < 1.29 is 23.9 Å². The second-order valence-corrected chi connectivity index (χ2v) is 7.47. The van der Waals surface area contributed by atoms with Crippen molar-refractivity contribution >= 4 is 29.3 Å². The highest BCUT2D eigenvalue weighted by atomic mass is 16.5. The molecule has 0 radical (unpaired) electrons. The molecule has 3 aromatic carbocycles. The molecule has 0 atom stereocenters. The Morgan fingerprint density at radius 3 is 1.69 bits per heavy atom. The topological polar surface area (TPSA) is 84.0 Å². The van der Waals surface area contributed by atoms with Crippen LogP contribution in [0.3, 0.4) is 0 Å². The number of carbonyl (C=O) groups excluding carboxylic acids is 4. The highest BCUT2D eigenvalue weighted by Gasteiger charge is 2.37. The van der Waals surface area contributed by atoms with Crippen molar-refractivity contribution in [3.8, 4) is 11.5 Å². The highest BCUT2D eigenvalue weighted by molar-refractivity contribution is 6.34. The van der Waals surface area contributed by atoms with E-state index < -0.39 is 11.8 Å². The lowest BCUT2D eigenvalue weighted by Gasteiger charge is -2.13. The van der Waals surface area contributed by atoms with Crippen LogP contribution in [0, 0.1) is 6.92 Å². The van der Waals surface area contributed by atoms with Crippen LogP contribution in [0.15, 0.2) is 60.7 Å². The molecular weight excluding hydrogens is 408 g/mol. The van der Waals surface area contributed by atoms with E-state index in [0.717, 1.165) is 15.4 Å². The third-order valence-corrected chi connectivity index (χ3v) is 5.45. The maximum absolute atomic E-state index is 12.9. The Kier molecular flexibility index (Phi) is 4.89. The van der Waals surface area contributed by atoms with Crippen LogP contribution in [0.25, 0.3) is 0 Å². The van der Waals surface area contributed by atoms with Crippen molar-refractivity contribution in [3.63, 3.8) is 0 Å². The number of imide groups is 2. The van der Waals surface area contributed by atoms with E-state index in [-0.39, 0.29) is 30.4 Å². The number of fused-ring (bicyclic) bond motifs is 2. The van der Waals surface area contributed by atoms with E-state index >= 15 is 0 Å². The van der Waals surface area contributed by atoms with Gasteiger partial charge in [0.2, 0.25) is 0 Å². The summed E-state index contributed by atoms with van der Waals surface area (Å²) in [5, 5.41) is 0. The lowest BCUT2D eigenvalue weighted by Crippen LogP contribution is -2.29. The summed E-state index contributed by atoms with van der Waals surface area (Å²) in [6, 6.07) is 16.4. The van der Waals surface area contributed by atoms with Crippen LogP contribution in [-0.2, 0) is 0 Å². The van der Waals surface area contributed by atoms with Gasteiger partial charge in [0, 0.05) is 7.05 Å². The monoisotopic (exact) mass is 428 g/mol. The van der Waals surface area contributed by atoms with Crippen molar-refractivity contribution in [1.82, 2.24) is 4.90 Å². The van der Waals surface area contributed by atoms with E-state index in [1.54, 1.807) is 30.3 Å². The normalized spacial score (nSPS) is 14.4. The summed E-state index contributed by atoms with van der Waals surface area (Å²) < 4.78 is 5.82. The van der Waals surface area contributed by atoms with Gasteiger partial charge in [0.15, 0.2) is 0 Å². The average Bonchev–Trinajstić information content (AvgIpc) is 3.14. The molecule has 2 aliphatic heterocycles. The Morgan fingerprint density at radius 2 is 1.09 bits per heavy atom. The maximum atomic E-state index is 12.9. The van der Waals surface area contributed by atoms with Crippen LogP contribution in [-0.4, -0.2) is 35.6 Å². The van der Waals surface area contributed by atoms with E-state index in [4.69, 9.17) is 4.74 Å². The molecule has 0 spiro atoms. The molecule has 4 amide bonds. The van der Waals surface area contributed by atoms with Crippen LogP contribution < -0.4 is 9.64 Å². The summed E-state index contributed by atoms with van der Waals surface area (Å²) in [6.45, 7) is 1.93. The molecule has 7 nitrogen and oxygen atoms in total. The number of nitrogens with zero attached hydrogens (tertiary/aromatic N) is 2. The molecule has 5 rings (SSSR count). The lowest BCUT2D eigenvalue weighted by molar-refractivity contribution is 0.0692. The zero-order chi connectivity index (χ0) is 21.9. The fraction of sp³-hybridized carbons (Fsp3) is 0.120. The fourth-order valence-electron chi connectivity index (χ4n) is 3.75. The summed E-state index contributed by atoms with van der Waals surface area (Å²) in [6.07, 6.45) is 0. The lowest BCUT2D eigenvalue weighted by atomic mass is 10.1. The van der Waals surface area contributed by atoms with Crippen molar-refractivity contribution in [2.45, 2.75) is 14.4 Å². The van der Waals surface area contributed by atoms with Crippen LogP contribution in [0.1, 0.15) is 54.4 Å². The first-order valence-electron chi connectivity index (χ1n) is 9.59. The minimum atomic E-state index is -0.425. The molecule has 3 aromatic rings. The number of ether oxygens (including phenoxy) is 1. The van der Waals surface area contributed by atoms with Gasteiger partial charge in [-0.2, -0.15) is 0 Å². The molecule has 32 heavy (non-hydrogen) atoms. The van der Waals surface area contributed by atoms with Gasteiger partial charge in [-0.15, -0.1) is 0 Å². The van der Waals surface area contributed by atoms with Gasteiger partial charge in [-0.05, 0) is 55.5 Å². The van der Waals surface area contributed by atoms with Crippen LogP contribution >= 0.6 is 0 Å². The number of rotatable bonds is 3. The van der Waals surface area contributed by atoms with Gasteiger partial charge in [0.1, 0.15) is 11.5 Å². The molecule has 0 saturated carbocycles. The fourth-order valence-corrected chi connectivity index (χ4v) is 3.75. The van der Waals surface area contributed by atoms with Crippen molar-refractivity contribution in [2.24, 2.45) is 0 Å². The average molecular weight is 428 g/mol. The van der Waals surface area contributed by atoms with Crippen LogP contribution in [0.4, 0.5) is 5.69 Å². The number of amides is 4. The molecule has 0 bridgehead atoms. The largest absolute Gasteiger partial charge is 0.457 e. The number of anilines is 1. The molecule has 2 heterocycles. The second-order valence-electron chi connectivity index (χ2n) is 7.47. The molecule has 0 saturated heterocycles. The first kappa shape index (κ1) is 21.0. The van der Waals surface area contributed by atoms with Crippen molar-refractivity contribution in [2.75, 3.05) is 11.9 Å². The van der Waals surface area contributed by atoms with Gasteiger partial charge < -0.3 is 4.74 Å².